The van der Waals surface area contributed by atoms with Crippen molar-refractivity contribution in [2.24, 2.45) is 0 Å². The van der Waals surface area contributed by atoms with E-state index in [1.165, 1.54) is 26.2 Å². The van der Waals surface area contributed by atoms with Crippen molar-refractivity contribution in [1.82, 2.24) is 5.32 Å². The number of nitrogens with one attached hydrogen (secondary N) is 3. The number of ether oxygens (including phenoxy) is 1. The summed E-state index contributed by atoms with van der Waals surface area (Å²) in [5, 5.41) is 8.54. The first-order chi connectivity index (χ1) is 12.4. The number of hydrogen-bond donors (Lipinski definition) is 3. The van der Waals surface area contributed by atoms with Crippen LogP contribution in [-0.4, -0.2) is 25.0 Å². The van der Waals surface area contributed by atoms with Gasteiger partial charge >= 0.3 is 0 Å². The molecule has 2 aromatic carbocycles. The molecule has 0 aliphatic rings. The molecule has 1 atom stereocenters. The monoisotopic (exact) mass is 359 g/mol. The number of methoxy groups -OCH3 is 1. The molecule has 3 N–H and O–H groups in total. The molecule has 0 saturated carbocycles. The summed E-state index contributed by atoms with van der Waals surface area (Å²) in [6.45, 7) is 3.43. The van der Waals surface area contributed by atoms with E-state index in [2.05, 4.69) is 16.0 Å². The van der Waals surface area contributed by atoms with Gasteiger partial charge in [-0.05, 0) is 42.8 Å². The van der Waals surface area contributed by atoms with Crippen LogP contribution in [0.5, 0.6) is 5.75 Å². The van der Waals surface area contributed by atoms with E-state index >= 15 is 0 Å². The summed E-state index contributed by atoms with van der Waals surface area (Å²) >= 11 is 0. The molecule has 2 amide bonds. The highest BCUT2D eigenvalue weighted by Crippen LogP contribution is 2.28. The van der Waals surface area contributed by atoms with Crippen LogP contribution < -0.4 is 20.7 Å². The van der Waals surface area contributed by atoms with Gasteiger partial charge in [-0.3, -0.25) is 9.59 Å². The largest absolute Gasteiger partial charge is 0.495 e. The molecule has 6 nitrogen and oxygen atoms in total. The molecule has 0 aromatic heterocycles. The number of hydrogen-bond acceptors (Lipinski definition) is 4. The summed E-state index contributed by atoms with van der Waals surface area (Å²) in [4.78, 5) is 23.5. The van der Waals surface area contributed by atoms with Crippen LogP contribution in [0.3, 0.4) is 0 Å². The van der Waals surface area contributed by atoms with Gasteiger partial charge in [0.15, 0.2) is 0 Å². The van der Waals surface area contributed by atoms with Crippen molar-refractivity contribution in [3.8, 4) is 5.75 Å². The third kappa shape index (κ3) is 5.47. The Kier molecular flexibility index (Phi) is 6.54. The predicted molar refractivity (Wildman–Crippen MR) is 98.6 cm³/mol. The van der Waals surface area contributed by atoms with Crippen molar-refractivity contribution in [2.75, 3.05) is 17.7 Å². The van der Waals surface area contributed by atoms with E-state index in [-0.39, 0.29) is 17.6 Å². The van der Waals surface area contributed by atoms with Crippen LogP contribution in [0.15, 0.2) is 42.5 Å². The molecule has 7 heteroatoms. The number of carbonyl (C=O) groups is 2. The zero-order valence-corrected chi connectivity index (χ0v) is 14.9. The van der Waals surface area contributed by atoms with Crippen LogP contribution in [0.2, 0.25) is 0 Å². The van der Waals surface area contributed by atoms with Gasteiger partial charge in [-0.2, -0.15) is 0 Å². The van der Waals surface area contributed by atoms with Crippen molar-refractivity contribution in [1.29, 1.82) is 0 Å². The summed E-state index contributed by atoms with van der Waals surface area (Å²) in [5.74, 6) is -0.175. The maximum atomic E-state index is 12.9. The minimum absolute atomic E-state index is 0.189. The molecule has 0 saturated heterocycles. The van der Waals surface area contributed by atoms with Gasteiger partial charge in [-0.15, -0.1) is 0 Å². The minimum atomic E-state index is -0.545. The van der Waals surface area contributed by atoms with Gasteiger partial charge in [0.1, 0.15) is 17.6 Å². The van der Waals surface area contributed by atoms with Gasteiger partial charge in [0.05, 0.1) is 12.8 Å². The molecule has 26 heavy (non-hydrogen) atoms. The highest BCUT2D eigenvalue weighted by Gasteiger charge is 2.15. The molecule has 0 unspecified atom stereocenters. The highest BCUT2D eigenvalue weighted by atomic mass is 19.1. The van der Waals surface area contributed by atoms with Gasteiger partial charge in [0.25, 0.3) is 0 Å². The van der Waals surface area contributed by atoms with E-state index in [0.717, 1.165) is 5.56 Å². The molecule has 0 radical (unpaired) electrons. The average molecular weight is 359 g/mol. The lowest BCUT2D eigenvalue weighted by Crippen LogP contribution is -2.37. The Morgan fingerprint density at radius 1 is 1.15 bits per heavy atom. The van der Waals surface area contributed by atoms with Crippen molar-refractivity contribution in [3.63, 3.8) is 0 Å². The second-order valence-corrected chi connectivity index (χ2v) is 5.81. The second kappa shape index (κ2) is 8.84. The Morgan fingerprint density at radius 3 is 2.46 bits per heavy atom. The van der Waals surface area contributed by atoms with E-state index in [1.807, 2.05) is 0 Å². The quantitative estimate of drug-likeness (QED) is 0.710. The van der Waals surface area contributed by atoms with E-state index in [9.17, 15) is 14.0 Å². The number of anilines is 2. The second-order valence-electron chi connectivity index (χ2n) is 5.81. The van der Waals surface area contributed by atoms with Crippen molar-refractivity contribution in [3.05, 3.63) is 53.8 Å². The normalized spacial score (nSPS) is 11.4. The molecule has 2 rings (SSSR count). The molecular formula is C19H22FN3O3. The first-order valence-electron chi connectivity index (χ1n) is 8.13. The smallest absolute Gasteiger partial charge is 0.242 e. The van der Waals surface area contributed by atoms with Crippen molar-refractivity contribution < 1.29 is 18.7 Å². The van der Waals surface area contributed by atoms with Crippen LogP contribution in [0.25, 0.3) is 0 Å². The fraction of sp³-hybridized carbons (Fsp3) is 0.263. The Balaban J connectivity index is 2.00. The van der Waals surface area contributed by atoms with Crippen LogP contribution in [0, 0.1) is 5.82 Å². The molecule has 2 aromatic rings. The average Bonchev–Trinajstić information content (AvgIpc) is 2.60. The van der Waals surface area contributed by atoms with Gasteiger partial charge in [0.2, 0.25) is 11.8 Å². The number of halogens is 1. The molecule has 0 aliphatic carbocycles. The third-order valence-corrected chi connectivity index (χ3v) is 3.67. The van der Waals surface area contributed by atoms with Crippen molar-refractivity contribution >= 4 is 23.2 Å². The van der Waals surface area contributed by atoms with Crippen LogP contribution in [0.1, 0.15) is 19.4 Å². The van der Waals surface area contributed by atoms with Gasteiger partial charge < -0.3 is 20.7 Å². The zero-order chi connectivity index (χ0) is 19.1. The molecule has 0 spiro atoms. The summed E-state index contributed by atoms with van der Waals surface area (Å²) in [6.07, 6.45) is 0. The Hall–Kier alpha value is -3.09. The van der Waals surface area contributed by atoms with Crippen LogP contribution in [-0.2, 0) is 16.1 Å². The zero-order valence-electron chi connectivity index (χ0n) is 14.9. The van der Waals surface area contributed by atoms with Crippen LogP contribution in [0.4, 0.5) is 15.8 Å². The fourth-order valence-electron chi connectivity index (χ4n) is 2.35. The lowest BCUT2D eigenvalue weighted by molar-refractivity contribution is -0.121. The maximum absolute atomic E-state index is 12.9. The molecule has 0 aliphatic heterocycles. The van der Waals surface area contributed by atoms with Gasteiger partial charge in [-0.1, -0.05) is 12.1 Å². The third-order valence-electron chi connectivity index (χ3n) is 3.67. The summed E-state index contributed by atoms with van der Waals surface area (Å²) < 4.78 is 18.2. The molecule has 138 valence electrons. The van der Waals surface area contributed by atoms with Gasteiger partial charge in [0, 0.05) is 19.2 Å². The summed E-state index contributed by atoms with van der Waals surface area (Å²) in [5.41, 5.74) is 1.99. The highest BCUT2D eigenvalue weighted by molar-refractivity contribution is 5.90. The Morgan fingerprint density at radius 2 is 1.85 bits per heavy atom. The molecular weight excluding hydrogens is 337 g/mol. The fourth-order valence-corrected chi connectivity index (χ4v) is 2.35. The van der Waals surface area contributed by atoms with E-state index in [0.29, 0.717) is 23.7 Å². The predicted octanol–water partition coefficient (Wildman–Crippen LogP) is 2.91. The number of benzene rings is 2. The summed E-state index contributed by atoms with van der Waals surface area (Å²) in [7, 11) is 1.53. The lowest BCUT2D eigenvalue weighted by atomic mass is 10.2. The topological polar surface area (TPSA) is 79.5 Å². The maximum Gasteiger partial charge on any atom is 0.242 e. The number of rotatable bonds is 7. The molecule has 0 fully saturated rings. The van der Waals surface area contributed by atoms with Crippen molar-refractivity contribution in [2.45, 2.75) is 26.4 Å². The number of carbonyl (C=O) groups excluding carboxylic acids is 2. The summed E-state index contributed by atoms with van der Waals surface area (Å²) in [6, 6.07) is 10.5. The first-order valence-corrected chi connectivity index (χ1v) is 8.13. The first kappa shape index (κ1) is 19.2. The molecule has 0 bridgehead atoms. The minimum Gasteiger partial charge on any atom is -0.495 e. The van der Waals surface area contributed by atoms with E-state index in [4.69, 9.17) is 4.74 Å². The lowest BCUT2D eigenvalue weighted by Gasteiger charge is -2.18. The van der Waals surface area contributed by atoms with E-state index in [1.54, 1.807) is 37.3 Å². The Bertz CT molecular complexity index is 778. The van der Waals surface area contributed by atoms with E-state index < -0.39 is 6.04 Å². The Labute approximate surface area is 151 Å². The van der Waals surface area contributed by atoms with Gasteiger partial charge in [-0.25, -0.2) is 4.39 Å². The number of amides is 2. The SMILES string of the molecule is COc1ccc(NC(C)=O)cc1N[C@@H](C)C(=O)NCc1ccc(F)cc1. The van der Waals surface area contributed by atoms with Crippen LogP contribution >= 0.6 is 0 Å². The standard InChI is InChI=1S/C19H22FN3O3/c1-12(19(25)21-11-14-4-6-15(20)7-5-14)22-17-10-16(23-13(2)24)8-9-18(17)26-3/h4-10,12,22H,11H2,1-3H3,(H,21,25)(H,23,24)/t12-/m0/s1. The molecule has 0 heterocycles.